The maximum atomic E-state index is 11.6. The molecule has 1 saturated heterocycles. The second kappa shape index (κ2) is 5.04. The predicted molar refractivity (Wildman–Crippen MR) is 76.5 cm³/mol. The molecule has 1 rings (SSSR count). The fourth-order valence-electron chi connectivity index (χ4n) is 3.34. The van der Waals surface area contributed by atoms with Crippen LogP contribution in [0.3, 0.4) is 0 Å². The number of amides is 1. The summed E-state index contributed by atoms with van der Waals surface area (Å²) >= 11 is 0. The number of nitrogens with zero attached hydrogens (tertiary/aromatic N) is 2. The number of carbonyl (C=O) groups is 1. The molecular formula is C15H28N2O. The van der Waals surface area contributed by atoms with Crippen LogP contribution in [0.4, 0.5) is 0 Å². The monoisotopic (exact) mass is 252 g/mol. The zero-order valence-electron chi connectivity index (χ0n) is 12.8. The van der Waals surface area contributed by atoms with Crippen LogP contribution in [0.1, 0.15) is 40.5 Å². The van der Waals surface area contributed by atoms with Crippen molar-refractivity contribution in [1.82, 2.24) is 9.80 Å². The van der Waals surface area contributed by atoms with Gasteiger partial charge >= 0.3 is 0 Å². The lowest BCUT2D eigenvalue weighted by Gasteiger charge is -2.54. The third-order valence-electron chi connectivity index (χ3n) is 4.48. The number of likely N-dealkylation sites (N-methyl/N-ethyl adjacent to an activating group) is 1. The third kappa shape index (κ3) is 3.14. The topological polar surface area (TPSA) is 23.6 Å². The molecule has 0 aromatic carbocycles. The lowest BCUT2D eigenvalue weighted by Crippen LogP contribution is -2.59. The number of rotatable bonds is 3. The van der Waals surface area contributed by atoms with Gasteiger partial charge in [0.25, 0.3) is 0 Å². The van der Waals surface area contributed by atoms with Crippen LogP contribution in [0.15, 0.2) is 12.7 Å². The van der Waals surface area contributed by atoms with Gasteiger partial charge in [-0.3, -0.25) is 9.69 Å². The summed E-state index contributed by atoms with van der Waals surface area (Å²) < 4.78 is 0. The van der Waals surface area contributed by atoms with Gasteiger partial charge in [-0.1, -0.05) is 6.58 Å². The van der Waals surface area contributed by atoms with Crippen LogP contribution < -0.4 is 0 Å². The summed E-state index contributed by atoms with van der Waals surface area (Å²) in [6.07, 6.45) is 3.65. The molecule has 0 saturated carbocycles. The summed E-state index contributed by atoms with van der Waals surface area (Å²) in [7, 11) is 4.07. The van der Waals surface area contributed by atoms with Gasteiger partial charge in [0.05, 0.1) is 0 Å². The maximum Gasteiger partial charge on any atom is 0.245 e. The van der Waals surface area contributed by atoms with Crippen molar-refractivity contribution in [3.8, 4) is 0 Å². The van der Waals surface area contributed by atoms with Gasteiger partial charge in [-0.2, -0.15) is 0 Å². The van der Waals surface area contributed by atoms with Gasteiger partial charge < -0.3 is 4.90 Å². The van der Waals surface area contributed by atoms with Gasteiger partial charge in [-0.25, -0.2) is 0 Å². The standard InChI is InChI=1S/C15H28N2O/c1-8-13(18)16(6)11-12-9-14(2,3)17(7)15(4,5)10-12/h8,12H,1,9-11H2,2-7H3. The molecular weight excluding hydrogens is 224 g/mol. The smallest absolute Gasteiger partial charge is 0.245 e. The van der Waals surface area contributed by atoms with E-state index >= 15 is 0 Å². The first kappa shape index (κ1) is 15.2. The fourth-order valence-corrected chi connectivity index (χ4v) is 3.34. The number of likely N-dealkylation sites (tertiary alicyclic amines) is 1. The molecule has 104 valence electrons. The molecule has 0 unspecified atom stereocenters. The van der Waals surface area contributed by atoms with Crippen LogP contribution in [-0.4, -0.2) is 47.4 Å². The molecule has 1 amide bonds. The predicted octanol–water partition coefficient (Wildman–Crippen LogP) is 2.53. The van der Waals surface area contributed by atoms with Crippen LogP contribution in [0.5, 0.6) is 0 Å². The molecule has 0 radical (unpaired) electrons. The van der Waals surface area contributed by atoms with Crippen molar-refractivity contribution >= 4 is 5.91 Å². The van der Waals surface area contributed by atoms with Crippen LogP contribution >= 0.6 is 0 Å². The highest BCUT2D eigenvalue weighted by Crippen LogP contribution is 2.40. The Balaban J connectivity index is 2.75. The molecule has 0 aromatic rings. The van der Waals surface area contributed by atoms with Crippen molar-refractivity contribution in [2.75, 3.05) is 20.6 Å². The summed E-state index contributed by atoms with van der Waals surface area (Å²) in [6, 6.07) is 0. The number of hydrogen-bond donors (Lipinski definition) is 0. The minimum absolute atomic E-state index is 0.0181. The van der Waals surface area contributed by atoms with E-state index in [1.807, 2.05) is 7.05 Å². The second-order valence-corrected chi connectivity index (χ2v) is 6.88. The average Bonchev–Trinajstić information content (AvgIpc) is 2.23. The lowest BCUT2D eigenvalue weighted by atomic mass is 9.74. The Morgan fingerprint density at radius 2 is 1.78 bits per heavy atom. The molecule has 0 aromatic heterocycles. The van der Waals surface area contributed by atoms with E-state index in [0.29, 0.717) is 5.92 Å². The Bertz CT molecular complexity index is 315. The lowest BCUT2D eigenvalue weighted by molar-refractivity contribution is -0.126. The summed E-state index contributed by atoms with van der Waals surface area (Å²) in [4.78, 5) is 15.8. The molecule has 0 bridgehead atoms. The van der Waals surface area contributed by atoms with Gasteiger partial charge in [0.15, 0.2) is 0 Å². The number of piperidine rings is 1. The number of carbonyl (C=O) groups excluding carboxylic acids is 1. The van der Waals surface area contributed by atoms with E-state index in [-0.39, 0.29) is 17.0 Å². The molecule has 1 aliphatic heterocycles. The van der Waals surface area contributed by atoms with Crippen molar-refractivity contribution in [2.24, 2.45) is 5.92 Å². The van der Waals surface area contributed by atoms with Crippen LogP contribution in [0, 0.1) is 5.92 Å². The zero-order valence-corrected chi connectivity index (χ0v) is 12.8. The zero-order chi connectivity index (χ0) is 14.1. The van der Waals surface area contributed by atoms with Crippen molar-refractivity contribution in [3.05, 3.63) is 12.7 Å². The van der Waals surface area contributed by atoms with Gasteiger partial charge in [0.1, 0.15) is 0 Å². The maximum absolute atomic E-state index is 11.6. The van der Waals surface area contributed by atoms with E-state index < -0.39 is 0 Å². The molecule has 0 spiro atoms. The van der Waals surface area contributed by atoms with E-state index in [9.17, 15) is 4.79 Å². The Kier molecular flexibility index (Phi) is 4.26. The van der Waals surface area contributed by atoms with E-state index in [0.717, 1.165) is 19.4 Å². The first-order chi connectivity index (χ1) is 8.10. The third-order valence-corrected chi connectivity index (χ3v) is 4.48. The Labute approximate surface area is 112 Å². The van der Waals surface area contributed by atoms with Gasteiger partial charge in [-0.15, -0.1) is 0 Å². The van der Waals surface area contributed by atoms with Crippen molar-refractivity contribution in [3.63, 3.8) is 0 Å². The summed E-state index contributed by atoms with van der Waals surface area (Å²) in [5, 5.41) is 0. The van der Waals surface area contributed by atoms with E-state index in [4.69, 9.17) is 0 Å². The van der Waals surface area contributed by atoms with Crippen LogP contribution in [-0.2, 0) is 4.79 Å². The molecule has 3 nitrogen and oxygen atoms in total. The van der Waals surface area contributed by atoms with Crippen molar-refractivity contribution in [2.45, 2.75) is 51.6 Å². The SMILES string of the molecule is C=CC(=O)N(C)CC1CC(C)(C)N(C)C(C)(C)C1. The highest BCUT2D eigenvalue weighted by molar-refractivity contribution is 5.86. The molecule has 18 heavy (non-hydrogen) atoms. The van der Waals surface area contributed by atoms with E-state index in [1.165, 1.54) is 6.08 Å². The Morgan fingerprint density at radius 1 is 1.33 bits per heavy atom. The first-order valence-electron chi connectivity index (χ1n) is 6.71. The quantitative estimate of drug-likeness (QED) is 0.721. The molecule has 1 heterocycles. The number of hydrogen-bond acceptors (Lipinski definition) is 2. The summed E-state index contributed by atoms with van der Waals surface area (Å²) in [5.74, 6) is 0.574. The van der Waals surface area contributed by atoms with Gasteiger partial charge in [0, 0.05) is 24.7 Å². The molecule has 1 aliphatic rings. The minimum atomic E-state index is 0.0181. The largest absolute Gasteiger partial charge is 0.342 e. The molecule has 1 fully saturated rings. The van der Waals surface area contributed by atoms with Crippen molar-refractivity contribution in [1.29, 1.82) is 0 Å². The van der Waals surface area contributed by atoms with Crippen molar-refractivity contribution < 1.29 is 4.79 Å². The first-order valence-corrected chi connectivity index (χ1v) is 6.71. The highest BCUT2D eigenvalue weighted by atomic mass is 16.2. The summed E-state index contributed by atoms with van der Waals surface area (Å²) in [5.41, 5.74) is 0.370. The molecule has 3 heteroatoms. The molecule has 0 aliphatic carbocycles. The fraction of sp³-hybridized carbons (Fsp3) is 0.800. The van der Waals surface area contributed by atoms with Gasteiger partial charge in [-0.05, 0) is 59.6 Å². The Hall–Kier alpha value is -0.830. The van der Waals surface area contributed by atoms with E-state index in [2.05, 4.69) is 46.2 Å². The van der Waals surface area contributed by atoms with Gasteiger partial charge in [0.2, 0.25) is 5.91 Å². The van der Waals surface area contributed by atoms with E-state index in [1.54, 1.807) is 4.90 Å². The summed E-state index contributed by atoms with van der Waals surface area (Å²) in [6.45, 7) is 13.5. The molecule has 0 N–H and O–H groups in total. The van der Waals surface area contributed by atoms with Crippen LogP contribution in [0.25, 0.3) is 0 Å². The average molecular weight is 252 g/mol. The normalized spacial score (nSPS) is 23.7. The molecule has 0 atom stereocenters. The highest BCUT2D eigenvalue weighted by Gasteiger charge is 2.43. The second-order valence-electron chi connectivity index (χ2n) is 6.88. The van der Waals surface area contributed by atoms with Crippen LogP contribution in [0.2, 0.25) is 0 Å². The Morgan fingerprint density at radius 3 is 2.17 bits per heavy atom. The minimum Gasteiger partial charge on any atom is -0.342 e.